The molecule has 0 N–H and O–H groups in total. The van der Waals surface area contributed by atoms with Gasteiger partial charge in [0.15, 0.2) is 5.78 Å². The SMILES string of the molecule is CC(=O)O[C@H]1CC[C@]2(C)C3=C(CC[C@H]2C1)C(=O)[C@@](C)([C@@H]1CC2=NO[C@@H]([C@H](C)C(C)C)[C@@H]2[C@H]1C)CC3. The minimum Gasteiger partial charge on any atom is -0.463 e. The van der Waals surface area contributed by atoms with Gasteiger partial charge in [0.1, 0.15) is 12.2 Å². The Morgan fingerprint density at radius 2 is 1.86 bits per heavy atom. The van der Waals surface area contributed by atoms with Crippen LogP contribution in [0.4, 0.5) is 0 Å². The van der Waals surface area contributed by atoms with E-state index in [4.69, 9.17) is 9.57 Å². The third-order valence-corrected chi connectivity index (χ3v) is 11.3. The molecule has 0 saturated heterocycles. The van der Waals surface area contributed by atoms with Gasteiger partial charge < -0.3 is 9.57 Å². The van der Waals surface area contributed by atoms with Crippen molar-refractivity contribution in [3.05, 3.63) is 11.1 Å². The molecule has 0 unspecified atom stereocenters. The van der Waals surface area contributed by atoms with Gasteiger partial charge in [-0.15, -0.1) is 0 Å². The number of carbonyl (C=O) groups is 2. The number of nitrogens with zero attached hydrogens (tertiary/aromatic N) is 1. The Morgan fingerprint density at radius 1 is 1.11 bits per heavy atom. The summed E-state index contributed by atoms with van der Waals surface area (Å²) in [6, 6.07) is 0. The van der Waals surface area contributed by atoms with Crippen LogP contribution in [0.2, 0.25) is 0 Å². The second-order valence-corrected chi connectivity index (χ2v) is 13.3. The van der Waals surface area contributed by atoms with Gasteiger partial charge in [0.2, 0.25) is 0 Å². The fourth-order valence-electron chi connectivity index (χ4n) is 8.72. The highest BCUT2D eigenvalue weighted by molar-refractivity contribution is 6.03. The maximum atomic E-state index is 14.3. The standard InChI is InChI=1S/C30H45NO4/c1-16(2)17(3)27-26-18(4)24(15-25(26)31-35-27)30(7)13-11-23-22(28(30)33)9-8-20-14-21(34-19(5)32)10-12-29(20,23)6/h16-18,20-21,24,26-27H,8-15H2,1-7H3/t17-,18+,20+,21+,24-,26-,27+,29+,30-/m1/s1. The predicted molar refractivity (Wildman–Crippen MR) is 137 cm³/mol. The van der Waals surface area contributed by atoms with Crippen LogP contribution in [-0.4, -0.2) is 29.7 Å². The number of esters is 1. The van der Waals surface area contributed by atoms with Crippen LogP contribution in [0.5, 0.6) is 0 Å². The molecule has 0 spiro atoms. The largest absolute Gasteiger partial charge is 0.463 e. The molecule has 194 valence electrons. The molecule has 0 bridgehead atoms. The van der Waals surface area contributed by atoms with Crippen LogP contribution in [0.15, 0.2) is 16.3 Å². The summed E-state index contributed by atoms with van der Waals surface area (Å²) in [7, 11) is 0. The molecule has 35 heavy (non-hydrogen) atoms. The van der Waals surface area contributed by atoms with Crippen molar-refractivity contribution in [2.24, 2.45) is 51.5 Å². The zero-order valence-corrected chi connectivity index (χ0v) is 22.9. The highest BCUT2D eigenvalue weighted by Crippen LogP contribution is 2.61. The van der Waals surface area contributed by atoms with Crippen LogP contribution in [-0.2, 0) is 19.2 Å². The van der Waals surface area contributed by atoms with Crippen LogP contribution < -0.4 is 0 Å². The van der Waals surface area contributed by atoms with Gasteiger partial charge in [-0.05, 0) is 91.9 Å². The number of hydrogen-bond acceptors (Lipinski definition) is 5. The average Bonchev–Trinajstić information content (AvgIpc) is 3.36. The third kappa shape index (κ3) is 3.82. The van der Waals surface area contributed by atoms with E-state index in [2.05, 4.69) is 46.7 Å². The fraction of sp³-hybridized carbons (Fsp3) is 0.833. The van der Waals surface area contributed by atoms with Gasteiger partial charge in [-0.25, -0.2) is 0 Å². The summed E-state index contributed by atoms with van der Waals surface area (Å²) in [5.41, 5.74) is 3.56. The minimum atomic E-state index is -0.311. The van der Waals surface area contributed by atoms with E-state index in [0.717, 1.165) is 56.9 Å². The number of carbonyl (C=O) groups excluding carboxylic acids is 2. The summed E-state index contributed by atoms with van der Waals surface area (Å²) in [4.78, 5) is 31.8. The first-order chi connectivity index (χ1) is 16.5. The predicted octanol–water partition coefficient (Wildman–Crippen LogP) is 6.50. The molecule has 9 atom stereocenters. The summed E-state index contributed by atoms with van der Waals surface area (Å²) in [5, 5.41) is 4.57. The molecule has 1 aliphatic heterocycles. The first-order valence-electron chi connectivity index (χ1n) is 14.1. The molecule has 5 nitrogen and oxygen atoms in total. The quantitative estimate of drug-likeness (QED) is 0.428. The third-order valence-electron chi connectivity index (χ3n) is 11.3. The van der Waals surface area contributed by atoms with E-state index in [1.165, 1.54) is 18.2 Å². The van der Waals surface area contributed by atoms with E-state index >= 15 is 0 Å². The van der Waals surface area contributed by atoms with Crippen molar-refractivity contribution in [1.29, 1.82) is 0 Å². The topological polar surface area (TPSA) is 65.0 Å². The molecule has 2 fully saturated rings. The lowest BCUT2D eigenvalue weighted by Gasteiger charge is -2.53. The van der Waals surface area contributed by atoms with Gasteiger partial charge in [-0.3, -0.25) is 9.59 Å². The maximum absolute atomic E-state index is 14.3. The van der Waals surface area contributed by atoms with E-state index in [1.54, 1.807) is 0 Å². The molecule has 2 saturated carbocycles. The van der Waals surface area contributed by atoms with Crippen molar-refractivity contribution >= 4 is 17.5 Å². The van der Waals surface area contributed by atoms with E-state index in [0.29, 0.717) is 41.3 Å². The van der Waals surface area contributed by atoms with Crippen molar-refractivity contribution in [1.82, 2.24) is 0 Å². The Morgan fingerprint density at radius 3 is 2.54 bits per heavy atom. The lowest BCUT2D eigenvalue weighted by molar-refractivity contribution is -0.150. The lowest BCUT2D eigenvalue weighted by atomic mass is 9.51. The highest BCUT2D eigenvalue weighted by atomic mass is 16.6. The van der Waals surface area contributed by atoms with E-state index in [9.17, 15) is 9.59 Å². The molecule has 5 heteroatoms. The summed E-state index contributed by atoms with van der Waals surface area (Å²) in [5.74, 6) is 2.85. The normalized spacial score (nSPS) is 43.8. The van der Waals surface area contributed by atoms with Crippen LogP contribution in [0, 0.1) is 46.3 Å². The summed E-state index contributed by atoms with van der Waals surface area (Å²) in [6.07, 6.45) is 7.85. The van der Waals surface area contributed by atoms with Crippen molar-refractivity contribution in [2.75, 3.05) is 0 Å². The van der Waals surface area contributed by atoms with E-state index in [-0.39, 0.29) is 29.0 Å². The molecular weight excluding hydrogens is 438 g/mol. The molecule has 0 radical (unpaired) electrons. The average molecular weight is 484 g/mol. The van der Waals surface area contributed by atoms with Gasteiger partial charge >= 0.3 is 5.97 Å². The maximum Gasteiger partial charge on any atom is 0.302 e. The zero-order valence-electron chi connectivity index (χ0n) is 22.9. The fourth-order valence-corrected chi connectivity index (χ4v) is 8.72. The molecule has 5 rings (SSSR count). The van der Waals surface area contributed by atoms with Crippen molar-refractivity contribution in [3.8, 4) is 0 Å². The monoisotopic (exact) mass is 483 g/mol. The molecule has 0 amide bonds. The Hall–Kier alpha value is -1.65. The highest BCUT2D eigenvalue weighted by Gasteiger charge is 2.59. The Balaban J connectivity index is 1.38. The number of ketones is 1. The van der Waals surface area contributed by atoms with Crippen molar-refractivity contribution < 1.29 is 19.2 Å². The van der Waals surface area contributed by atoms with Gasteiger partial charge in [0.05, 0.1) is 5.71 Å². The molecule has 4 aliphatic carbocycles. The molecule has 5 aliphatic rings. The lowest BCUT2D eigenvalue weighted by Crippen LogP contribution is -2.48. The molecular formula is C30H45NO4. The molecule has 0 aromatic rings. The van der Waals surface area contributed by atoms with Crippen molar-refractivity contribution in [3.63, 3.8) is 0 Å². The smallest absolute Gasteiger partial charge is 0.302 e. The first-order valence-corrected chi connectivity index (χ1v) is 14.1. The summed E-state index contributed by atoms with van der Waals surface area (Å²) < 4.78 is 5.59. The Labute approximate surface area is 211 Å². The molecule has 0 aromatic heterocycles. The number of rotatable bonds is 4. The van der Waals surface area contributed by atoms with Crippen molar-refractivity contribution in [2.45, 2.75) is 112 Å². The number of fused-ring (bicyclic) bond motifs is 3. The number of allylic oxidation sites excluding steroid dienone is 2. The van der Waals surface area contributed by atoms with Crippen LogP contribution in [0.25, 0.3) is 0 Å². The van der Waals surface area contributed by atoms with Gasteiger partial charge in [0.25, 0.3) is 0 Å². The number of hydrogen-bond donors (Lipinski definition) is 0. The Bertz CT molecular complexity index is 965. The number of oxime groups is 1. The second kappa shape index (κ2) is 8.73. The van der Waals surface area contributed by atoms with E-state index in [1.807, 2.05) is 0 Å². The molecule has 0 aromatic carbocycles. The zero-order chi connectivity index (χ0) is 25.3. The second-order valence-electron chi connectivity index (χ2n) is 13.3. The minimum absolute atomic E-state index is 0.0419. The van der Waals surface area contributed by atoms with Gasteiger partial charge in [0, 0.05) is 18.3 Å². The van der Waals surface area contributed by atoms with Crippen LogP contribution >= 0.6 is 0 Å². The number of Topliss-reactive ketones (excluding diaryl/α,β-unsaturated/α-hetero) is 1. The van der Waals surface area contributed by atoms with Gasteiger partial charge in [-0.2, -0.15) is 0 Å². The summed E-state index contributed by atoms with van der Waals surface area (Å²) >= 11 is 0. The first kappa shape index (κ1) is 25.0. The molecule has 1 heterocycles. The van der Waals surface area contributed by atoms with Crippen LogP contribution in [0.3, 0.4) is 0 Å². The van der Waals surface area contributed by atoms with Gasteiger partial charge in [-0.1, -0.05) is 52.3 Å². The Kier molecular flexibility index (Phi) is 6.24. The van der Waals surface area contributed by atoms with E-state index < -0.39 is 0 Å². The summed E-state index contributed by atoms with van der Waals surface area (Å²) in [6.45, 7) is 15.3. The van der Waals surface area contributed by atoms with Crippen LogP contribution in [0.1, 0.15) is 99.8 Å². The number of ether oxygens (including phenoxy) is 1.